The Bertz CT molecular complexity index is 586. The highest BCUT2D eigenvalue weighted by atomic mass is 16.5. The summed E-state index contributed by atoms with van der Waals surface area (Å²) < 4.78 is 5.81. The molecule has 3 heteroatoms. The first kappa shape index (κ1) is 13.4. The number of hydrogen-bond acceptors (Lipinski definition) is 3. The second kappa shape index (κ2) is 5.31. The summed E-state index contributed by atoms with van der Waals surface area (Å²) in [5.74, 6) is 0.873. The van der Waals surface area contributed by atoms with Crippen molar-refractivity contribution in [2.45, 2.75) is 34.3 Å². The number of nitrogens with zero attached hydrogens (tertiary/aromatic N) is 1. The van der Waals surface area contributed by atoms with Crippen molar-refractivity contribution in [1.29, 1.82) is 0 Å². The Hall–Kier alpha value is -2.03. The van der Waals surface area contributed by atoms with Crippen molar-refractivity contribution >= 4 is 5.69 Å². The first-order valence-electron chi connectivity index (χ1n) is 6.39. The van der Waals surface area contributed by atoms with Gasteiger partial charge >= 0.3 is 0 Å². The van der Waals surface area contributed by atoms with E-state index < -0.39 is 0 Å². The van der Waals surface area contributed by atoms with Crippen LogP contribution >= 0.6 is 0 Å². The van der Waals surface area contributed by atoms with Crippen molar-refractivity contribution in [2.24, 2.45) is 0 Å². The quantitative estimate of drug-likeness (QED) is 0.914. The molecule has 1 heterocycles. The normalized spacial score (nSPS) is 10.5. The van der Waals surface area contributed by atoms with E-state index in [2.05, 4.69) is 24.9 Å². The van der Waals surface area contributed by atoms with E-state index in [4.69, 9.17) is 10.5 Å². The van der Waals surface area contributed by atoms with Gasteiger partial charge in [0, 0.05) is 11.9 Å². The van der Waals surface area contributed by atoms with Gasteiger partial charge in [-0.25, -0.2) is 0 Å². The monoisotopic (exact) mass is 256 g/mol. The lowest BCUT2D eigenvalue weighted by atomic mass is 10.1. The summed E-state index contributed by atoms with van der Waals surface area (Å²) in [6.07, 6.45) is 1.79. The number of pyridine rings is 1. The maximum atomic E-state index is 6.00. The highest BCUT2D eigenvalue weighted by Crippen LogP contribution is 2.21. The molecule has 0 radical (unpaired) electrons. The number of anilines is 1. The third kappa shape index (κ3) is 3.05. The van der Waals surface area contributed by atoms with Crippen LogP contribution in [0.2, 0.25) is 0 Å². The summed E-state index contributed by atoms with van der Waals surface area (Å²) in [5, 5.41) is 0. The Morgan fingerprint density at radius 3 is 2.32 bits per heavy atom. The largest absolute Gasteiger partial charge is 0.487 e. The van der Waals surface area contributed by atoms with E-state index >= 15 is 0 Å². The number of aryl methyl sites for hydroxylation is 3. The smallest absolute Gasteiger partial charge is 0.131 e. The van der Waals surface area contributed by atoms with Gasteiger partial charge in [0.25, 0.3) is 0 Å². The van der Waals surface area contributed by atoms with Gasteiger partial charge in [-0.15, -0.1) is 0 Å². The zero-order valence-corrected chi connectivity index (χ0v) is 11.9. The number of aromatic nitrogens is 1. The fourth-order valence-electron chi connectivity index (χ4n) is 2.11. The van der Waals surface area contributed by atoms with Gasteiger partial charge in [0.05, 0.1) is 5.69 Å². The van der Waals surface area contributed by atoms with Gasteiger partial charge in [0.15, 0.2) is 0 Å². The zero-order chi connectivity index (χ0) is 14.0. The average molecular weight is 256 g/mol. The predicted molar refractivity (Wildman–Crippen MR) is 78.4 cm³/mol. The minimum absolute atomic E-state index is 0.444. The fraction of sp³-hybridized carbons (Fsp3) is 0.312. The van der Waals surface area contributed by atoms with Crippen LogP contribution in [-0.4, -0.2) is 4.98 Å². The van der Waals surface area contributed by atoms with E-state index in [0.29, 0.717) is 6.61 Å². The lowest BCUT2D eigenvalue weighted by Crippen LogP contribution is -2.05. The van der Waals surface area contributed by atoms with Crippen LogP contribution in [0.25, 0.3) is 0 Å². The van der Waals surface area contributed by atoms with E-state index in [-0.39, 0.29) is 0 Å². The number of nitrogens with two attached hydrogens (primary N) is 1. The minimum Gasteiger partial charge on any atom is -0.487 e. The van der Waals surface area contributed by atoms with Gasteiger partial charge in [-0.2, -0.15) is 0 Å². The third-order valence-electron chi connectivity index (χ3n) is 3.25. The molecule has 19 heavy (non-hydrogen) atoms. The molecule has 0 saturated carbocycles. The van der Waals surface area contributed by atoms with Crippen LogP contribution in [0.5, 0.6) is 5.75 Å². The van der Waals surface area contributed by atoms with Crippen LogP contribution < -0.4 is 10.5 Å². The summed E-state index contributed by atoms with van der Waals surface area (Å²) in [6, 6.07) is 6.18. The van der Waals surface area contributed by atoms with Gasteiger partial charge in [-0.3, -0.25) is 4.98 Å². The maximum absolute atomic E-state index is 6.00. The molecule has 3 nitrogen and oxygen atoms in total. The molecule has 0 amide bonds. The van der Waals surface area contributed by atoms with Crippen molar-refractivity contribution in [2.75, 3.05) is 5.73 Å². The SMILES string of the molecule is Cc1cc(C)cc(OCc2ncc(C)c(N)c2C)c1. The molecule has 0 fully saturated rings. The van der Waals surface area contributed by atoms with Gasteiger partial charge in [-0.1, -0.05) is 6.07 Å². The van der Waals surface area contributed by atoms with E-state index in [1.165, 1.54) is 11.1 Å². The first-order chi connectivity index (χ1) is 8.97. The second-order valence-electron chi connectivity index (χ2n) is 5.04. The Balaban J connectivity index is 2.17. The summed E-state index contributed by atoms with van der Waals surface area (Å²) >= 11 is 0. The molecule has 0 atom stereocenters. The lowest BCUT2D eigenvalue weighted by Gasteiger charge is -2.12. The van der Waals surface area contributed by atoms with Crippen molar-refractivity contribution in [3.63, 3.8) is 0 Å². The predicted octanol–water partition coefficient (Wildman–Crippen LogP) is 3.48. The van der Waals surface area contributed by atoms with E-state index in [1.54, 1.807) is 6.20 Å². The van der Waals surface area contributed by atoms with Crippen LogP contribution in [-0.2, 0) is 6.61 Å². The molecule has 100 valence electrons. The molecule has 0 aliphatic heterocycles. The highest BCUT2D eigenvalue weighted by molar-refractivity contribution is 5.53. The topological polar surface area (TPSA) is 48.1 Å². The first-order valence-corrected chi connectivity index (χ1v) is 6.39. The van der Waals surface area contributed by atoms with Crippen molar-refractivity contribution in [1.82, 2.24) is 4.98 Å². The molecule has 0 aliphatic carbocycles. The maximum Gasteiger partial charge on any atom is 0.131 e. The number of benzene rings is 1. The molecule has 0 unspecified atom stereocenters. The number of nitrogen functional groups attached to an aromatic ring is 1. The Morgan fingerprint density at radius 2 is 1.68 bits per heavy atom. The summed E-state index contributed by atoms with van der Waals surface area (Å²) in [7, 11) is 0. The molecule has 2 aromatic rings. The van der Waals surface area contributed by atoms with Crippen LogP contribution in [0.4, 0.5) is 5.69 Å². The Kier molecular flexibility index (Phi) is 3.74. The molecule has 0 bridgehead atoms. The average Bonchev–Trinajstić information content (AvgIpc) is 2.34. The number of rotatable bonds is 3. The molecular formula is C16H20N2O. The van der Waals surface area contributed by atoms with E-state index in [9.17, 15) is 0 Å². The van der Waals surface area contributed by atoms with Crippen LogP contribution in [0.15, 0.2) is 24.4 Å². The standard InChI is InChI=1S/C16H20N2O/c1-10-5-11(2)7-14(6-10)19-9-15-13(4)16(17)12(3)8-18-15/h5-8H,9H2,1-4H3,(H2,17,18). The minimum atomic E-state index is 0.444. The lowest BCUT2D eigenvalue weighted by molar-refractivity contribution is 0.300. The Labute approximate surface area is 114 Å². The van der Waals surface area contributed by atoms with E-state index in [0.717, 1.165) is 28.3 Å². The molecule has 2 rings (SSSR count). The molecule has 0 saturated heterocycles. The Morgan fingerprint density at radius 1 is 1.05 bits per heavy atom. The molecule has 1 aromatic carbocycles. The van der Waals surface area contributed by atoms with Crippen molar-refractivity contribution in [3.05, 3.63) is 52.3 Å². The van der Waals surface area contributed by atoms with Crippen LogP contribution in [0, 0.1) is 27.7 Å². The van der Waals surface area contributed by atoms with Gasteiger partial charge in [0.2, 0.25) is 0 Å². The van der Waals surface area contributed by atoms with Gasteiger partial charge < -0.3 is 10.5 Å². The number of ether oxygens (including phenoxy) is 1. The van der Waals surface area contributed by atoms with Gasteiger partial charge in [-0.05, 0) is 62.1 Å². The third-order valence-corrected chi connectivity index (χ3v) is 3.25. The molecule has 1 aromatic heterocycles. The number of hydrogen-bond donors (Lipinski definition) is 1. The molecule has 2 N–H and O–H groups in total. The van der Waals surface area contributed by atoms with E-state index in [1.807, 2.05) is 26.0 Å². The summed E-state index contributed by atoms with van der Waals surface area (Å²) in [4.78, 5) is 4.39. The molecule has 0 spiro atoms. The summed E-state index contributed by atoms with van der Waals surface area (Å²) in [5.41, 5.74) is 12.1. The fourth-order valence-corrected chi connectivity index (χ4v) is 2.11. The van der Waals surface area contributed by atoms with Crippen LogP contribution in [0.1, 0.15) is 27.9 Å². The molecular weight excluding hydrogens is 236 g/mol. The summed E-state index contributed by atoms with van der Waals surface area (Å²) in [6.45, 7) is 8.51. The van der Waals surface area contributed by atoms with Gasteiger partial charge in [0.1, 0.15) is 12.4 Å². The highest BCUT2D eigenvalue weighted by Gasteiger charge is 2.07. The second-order valence-corrected chi connectivity index (χ2v) is 5.04. The van der Waals surface area contributed by atoms with Crippen molar-refractivity contribution < 1.29 is 4.74 Å². The van der Waals surface area contributed by atoms with Crippen molar-refractivity contribution in [3.8, 4) is 5.75 Å². The van der Waals surface area contributed by atoms with Crippen LogP contribution in [0.3, 0.4) is 0 Å². The molecule has 0 aliphatic rings. The zero-order valence-electron chi connectivity index (χ0n) is 11.9.